The highest BCUT2D eigenvalue weighted by Crippen LogP contribution is 2.36. The molecule has 150 valence electrons. The number of aryl methyl sites for hydroxylation is 1. The Kier molecular flexibility index (Phi) is 3.28. The summed E-state index contributed by atoms with van der Waals surface area (Å²) in [6.07, 6.45) is 0. The lowest BCUT2D eigenvalue weighted by Gasteiger charge is -2.09. The van der Waals surface area contributed by atoms with Crippen LogP contribution in [0.25, 0.3) is 65.7 Å². The van der Waals surface area contributed by atoms with Crippen LogP contribution < -0.4 is 10.9 Å². The molecule has 0 atom stereocenters. The fraction of sp³-hybridized carbons (Fsp3) is 0.0400. The van der Waals surface area contributed by atoms with E-state index >= 15 is 0 Å². The van der Waals surface area contributed by atoms with E-state index in [1.165, 1.54) is 0 Å². The Balaban J connectivity index is 1.73. The van der Waals surface area contributed by atoms with Crippen molar-refractivity contribution in [2.75, 3.05) is 0 Å². The smallest absolute Gasteiger partial charge is 0.214 e. The highest BCUT2D eigenvalue weighted by Gasteiger charge is 2.21. The minimum Gasteiger partial charge on any atom is -0.287 e. The molecule has 2 heterocycles. The first-order valence-electron chi connectivity index (χ1n) is 10.0. The largest absolute Gasteiger partial charge is 0.287 e. The normalized spacial score (nSPS) is 12.3. The zero-order valence-electron chi connectivity index (χ0n) is 16.6. The van der Waals surface area contributed by atoms with Crippen LogP contribution in [0, 0.1) is 6.92 Å². The van der Waals surface area contributed by atoms with Gasteiger partial charge in [0.15, 0.2) is 0 Å². The van der Waals surface area contributed by atoms with Crippen LogP contribution in [0.5, 0.6) is 0 Å². The van der Waals surface area contributed by atoms with Crippen LogP contribution in [0.1, 0.15) is 5.56 Å². The standard InChI is InChI=1S/C25H11BrN4O2/c1-10-16-20(29-22-18(27-16)11-6-2-4-8-13(11)24(22)31)15(26)21-17(10)28-19-12-7-3-5-9-14(12)25(32)23(19)30-21/h2-9H,1H3. The second-order valence-electron chi connectivity index (χ2n) is 7.92. The minimum absolute atomic E-state index is 0.139. The molecule has 7 heteroatoms. The number of aromatic nitrogens is 4. The van der Waals surface area contributed by atoms with Crippen LogP contribution in [0.4, 0.5) is 0 Å². The van der Waals surface area contributed by atoms with Crippen molar-refractivity contribution in [1.82, 2.24) is 19.9 Å². The van der Waals surface area contributed by atoms with E-state index in [2.05, 4.69) is 15.9 Å². The number of hydrogen-bond donors (Lipinski definition) is 0. The number of nitrogens with zero attached hydrogens (tertiary/aromatic N) is 4. The molecule has 0 radical (unpaired) electrons. The molecule has 7 rings (SSSR count). The van der Waals surface area contributed by atoms with Gasteiger partial charge in [0.2, 0.25) is 10.9 Å². The first-order valence-corrected chi connectivity index (χ1v) is 10.8. The van der Waals surface area contributed by atoms with Crippen LogP contribution >= 0.6 is 15.9 Å². The lowest BCUT2D eigenvalue weighted by molar-refractivity contribution is 1.33. The average Bonchev–Trinajstić information content (AvgIpc) is 3.27. The second-order valence-corrected chi connectivity index (χ2v) is 8.72. The second kappa shape index (κ2) is 5.89. The van der Waals surface area contributed by atoms with Crippen LogP contribution in [-0.4, -0.2) is 19.9 Å². The molecular formula is C25H11BrN4O2. The van der Waals surface area contributed by atoms with Crippen LogP contribution in [-0.2, 0) is 0 Å². The summed E-state index contributed by atoms with van der Waals surface area (Å²) in [5.41, 5.74) is 4.73. The van der Waals surface area contributed by atoms with Crippen molar-refractivity contribution in [3.05, 3.63) is 79.0 Å². The minimum atomic E-state index is -0.139. The number of fused-ring (bicyclic) bond motifs is 8. The molecule has 0 saturated heterocycles. The molecule has 0 aliphatic carbocycles. The van der Waals surface area contributed by atoms with Gasteiger partial charge in [-0.3, -0.25) is 9.59 Å². The van der Waals surface area contributed by atoms with Crippen molar-refractivity contribution >= 4 is 81.6 Å². The van der Waals surface area contributed by atoms with E-state index in [0.29, 0.717) is 59.4 Å². The molecule has 32 heavy (non-hydrogen) atoms. The van der Waals surface area contributed by atoms with Gasteiger partial charge in [-0.15, -0.1) is 0 Å². The summed E-state index contributed by atoms with van der Waals surface area (Å²) < 4.78 is 0.575. The molecule has 2 aromatic heterocycles. The van der Waals surface area contributed by atoms with E-state index < -0.39 is 0 Å². The zero-order chi connectivity index (χ0) is 21.7. The predicted octanol–water partition coefficient (Wildman–Crippen LogP) is 4.85. The fourth-order valence-electron chi connectivity index (χ4n) is 4.65. The van der Waals surface area contributed by atoms with Crippen molar-refractivity contribution in [1.29, 1.82) is 0 Å². The highest BCUT2D eigenvalue weighted by molar-refractivity contribution is 9.10. The third kappa shape index (κ3) is 2.04. The third-order valence-electron chi connectivity index (χ3n) is 6.20. The Bertz CT molecular complexity index is 1910. The van der Waals surface area contributed by atoms with E-state index in [1.807, 2.05) is 43.3 Å². The van der Waals surface area contributed by atoms with Gasteiger partial charge in [0.05, 0.1) is 15.5 Å². The van der Waals surface area contributed by atoms with Crippen molar-refractivity contribution in [2.45, 2.75) is 6.92 Å². The maximum atomic E-state index is 12.9. The Labute approximate surface area is 187 Å². The van der Waals surface area contributed by atoms with Gasteiger partial charge in [-0.05, 0) is 22.9 Å². The maximum Gasteiger partial charge on any atom is 0.214 e. The van der Waals surface area contributed by atoms with Gasteiger partial charge in [-0.25, -0.2) is 19.9 Å². The number of hydrogen-bond acceptors (Lipinski definition) is 6. The summed E-state index contributed by atoms with van der Waals surface area (Å²) in [7, 11) is 0. The monoisotopic (exact) mass is 478 g/mol. The molecule has 0 fully saturated rings. The van der Waals surface area contributed by atoms with E-state index in [4.69, 9.17) is 19.9 Å². The number of rotatable bonds is 0. The Morgan fingerprint density at radius 3 is 1.34 bits per heavy atom. The zero-order valence-corrected chi connectivity index (χ0v) is 18.2. The predicted molar refractivity (Wildman–Crippen MR) is 130 cm³/mol. The van der Waals surface area contributed by atoms with E-state index in [9.17, 15) is 9.59 Å². The number of halogens is 1. The molecule has 0 unspecified atom stereocenters. The van der Waals surface area contributed by atoms with Crippen LogP contribution in [0.15, 0.2) is 62.6 Å². The lowest BCUT2D eigenvalue weighted by atomic mass is 10.1. The Hall–Kier alpha value is -3.84. The van der Waals surface area contributed by atoms with Gasteiger partial charge < -0.3 is 0 Å². The first kappa shape index (κ1) is 17.8. The quantitative estimate of drug-likeness (QED) is 0.289. The highest BCUT2D eigenvalue weighted by atomic mass is 79.9. The number of benzene rings is 3. The molecule has 0 saturated carbocycles. The molecule has 7 aromatic rings. The lowest BCUT2D eigenvalue weighted by Crippen LogP contribution is -2.02. The van der Waals surface area contributed by atoms with Crippen molar-refractivity contribution in [3.63, 3.8) is 0 Å². The molecule has 0 N–H and O–H groups in total. The summed E-state index contributed by atoms with van der Waals surface area (Å²) in [4.78, 5) is 45.0. The van der Waals surface area contributed by atoms with Gasteiger partial charge in [0.25, 0.3) is 0 Å². The summed E-state index contributed by atoms with van der Waals surface area (Å²) in [5, 5.41) is 2.79. The van der Waals surface area contributed by atoms with Crippen LogP contribution in [0.3, 0.4) is 0 Å². The molecule has 0 amide bonds. The van der Waals surface area contributed by atoms with Crippen molar-refractivity contribution in [2.24, 2.45) is 0 Å². The van der Waals surface area contributed by atoms with Crippen molar-refractivity contribution in [3.8, 4) is 0 Å². The molecular weight excluding hydrogens is 468 g/mol. The summed E-state index contributed by atoms with van der Waals surface area (Å²) in [6.45, 7) is 1.92. The average molecular weight is 479 g/mol. The maximum absolute atomic E-state index is 12.9. The fourth-order valence-corrected chi connectivity index (χ4v) is 5.20. The molecule has 0 aliphatic heterocycles. The topological polar surface area (TPSA) is 85.7 Å². The van der Waals surface area contributed by atoms with Gasteiger partial charge in [-0.2, -0.15) is 0 Å². The SMILES string of the molecule is Cc1c2nc3c(nc2c(Br)c2nc4c(=O)c5ccccc5c4nc12)c(=O)c1ccccc13. The third-order valence-corrected chi connectivity index (χ3v) is 6.95. The first-order chi connectivity index (χ1) is 15.5. The van der Waals surface area contributed by atoms with E-state index in [-0.39, 0.29) is 10.9 Å². The molecule has 0 bridgehead atoms. The Morgan fingerprint density at radius 2 is 0.906 bits per heavy atom. The van der Waals surface area contributed by atoms with Crippen molar-refractivity contribution < 1.29 is 0 Å². The van der Waals surface area contributed by atoms with Gasteiger partial charge in [0, 0.05) is 27.1 Å². The summed E-state index contributed by atoms with van der Waals surface area (Å²) in [6, 6.07) is 14.8. The van der Waals surface area contributed by atoms with E-state index in [0.717, 1.165) is 16.3 Å². The Morgan fingerprint density at radius 1 is 0.531 bits per heavy atom. The van der Waals surface area contributed by atoms with E-state index in [1.54, 1.807) is 12.1 Å². The summed E-state index contributed by atoms with van der Waals surface area (Å²) >= 11 is 3.62. The van der Waals surface area contributed by atoms with Gasteiger partial charge in [0.1, 0.15) is 33.1 Å². The summed E-state index contributed by atoms with van der Waals surface area (Å²) in [5.74, 6) is 0. The molecule has 0 spiro atoms. The van der Waals surface area contributed by atoms with Gasteiger partial charge >= 0.3 is 0 Å². The molecule has 6 nitrogen and oxygen atoms in total. The van der Waals surface area contributed by atoms with Crippen LogP contribution in [0.2, 0.25) is 0 Å². The van der Waals surface area contributed by atoms with Gasteiger partial charge in [-0.1, -0.05) is 48.5 Å². The molecule has 5 aromatic carbocycles. The molecule has 0 aliphatic rings.